The SMILES string of the molecule is CNCC(C)NC(=O)N1CCCCC1. The number of likely N-dealkylation sites (tertiary alicyclic amines) is 1. The minimum absolute atomic E-state index is 0.0902. The number of urea groups is 1. The van der Waals surface area contributed by atoms with E-state index in [-0.39, 0.29) is 12.1 Å². The number of hydrogen-bond acceptors (Lipinski definition) is 2. The van der Waals surface area contributed by atoms with Crippen LogP contribution in [0.4, 0.5) is 4.79 Å². The van der Waals surface area contributed by atoms with Crippen LogP contribution in [0.3, 0.4) is 0 Å². The smallest absolute Gasteiger partial charge is 0.317 e. The van der Waals surface area contributed by atoms with E-state index in [1.165, 1.54) is 6.42 Å². The van der Waals surface area contributed by atoms with Crippen molar-refractivity contribution in [2.24, 2.45) is 0 Å². The highest BCUT2D eigenvalue weighted by atomic mass is 16.2. The van der Waals surface area contributed by atoms with Crippen molar-refractivity contribution in [2.45, 2.75) is 32.2 Å². The Kier molecular flexibility index (Phi) is 4.73. The van der Waals surface area contributed by atoms with Gasteiger partial charge in [0.25, 0.3) is 0 Å². The number of nitrogens with zero attached hydrogens (tertiary/aromatic N) is 1. The molecule has 1 aliphatic heterocycles. The first kappa shape index (κ1) is 11.3. The molecule has 1 rings (SSSR count). The van der Waals surface area contributed by atoms with Gasteiger partial charge < -0.3 is 15.5 Å². The zero-order valence-corrected chi connectivity index (χ0v) is 9.18. The van der Waals surface area contributed by atoms with Gasteiger partial charge in [-0.15, -0.1) is 0 Å². The fourth-order valence-corrected chi connectivity index (χ4v) is 1.76. The summed E-state index contributed by atoms with van der Waals surface area (Å²) in [7, 11) is 1.89. The first-order chi connectivity index (χ1) is 6.74. The molecule has 2 N–H and O–H groups in total. The Morgan fingerprint density at radius 2 is 2.00 bits per heavy atom. The van der Waals surface area contributed by atoms with Crippen molar-refractivity contribution in [3.63, 3.8) is 0 Å². The van der Waals surface area contributed by atoms with Gasteiger partial charge in [0.2, 0.25) is 0 Å². The molecule has 14 heavy (non-hydrogen) atoms. The fraction of sp³-hybridized carbons (Fsp3) is 0.900. The van der Waals surface area contributed by atoms with Crippen LogP contribution in [0.5, 0.6) is 0 Å². The fourth-order valence-electron chi connectivity index (χ4n) is 1.76. The van der Waals surface area contributed by atoms with Gasteiger partial charge in [-0.05, 0) is 33.2 Å². The molecule has 1 aliphatic rings. The third kappa shape index (κ3) is 3.54. The Morgan fingerprint density at radius 3 is 2.57 bits per heavy atom. The monoisotopic (exact) mass is 199 g/mol. The molecular formula is C10H21N3O. The van der Waals surface area contributed by atoms with Crippen molar-refractivity contribution in [1.82, 2.24) is 15.5 Å². The van der Waals surface area contributed by atoms with Gasteiger partial charge in [-0.25, -0.2) is 4.79 Å². The van der Waals surface area contributed by atoms with E-state index in [1.54, 1.807) is 0 Å². The van der Waals surface area contributed by atoms with Crippen molar-refractivity contribution in [2.75, 3.05) is 26.7 Å². The van der Waals surface area contributed by atoms with E-state index in [9.17, 15) is 4.79 Å². The van der Waals surface area contributed by atoms with Crippen molar-refractivity contribution in [3.05, 3.63) is 0 Å². The molecule has 1 atom stereocenters. The molecule has 1 heterocycles. The molecule has 0 spiro atoms. The van der Waals surface area contributed by atoms with E-state index in [1.807, 2.05) is 18.9 Å². The van der Waals surface area contributed by atoms with E-state index in [2.05, 4.69) is 10.6 Å². The van der Waals surface area contributed by atoms with Crippen molar-refractivity contribution < 1.29 is 4.79 Å². The van der Waals surface area contributed by atoms with Crippen LogP contribution in [0.2, 0.25) is 0 Å². The first-order valence-electron chi connectivity index (χ1n) is 5.44. The number of nitrogens with one attached hydrogen (secondary N) is 2. The minimum Gasteiger partial charge on any atom is -0.334 e. The third-order valence-corrected chi connectivity index (χ3v) is 2.52. The number of hydrogen-bond donors (Lipinski definition) is 2. The summed E-state index contributed by atoms with van der Waals surface area (Å²) in [5.74, 6) is 0. The Bertz CT molecular complexity index is 178. The van der Waals surface area contributed by atoms with E-state index >= 15 is 0 Å². The molecule has 0 aliphatic carbocycles. The van der Waals surface area contributed by atoms with Gasteiger partial charge in [0, 0.05) is 25.7 Å². The maximum Gasteiger partial charge on any atom is 0.317 e. The van der Waals surface area contributed by atoms with Crippen LogP contribution in [0.1, 0.15) is 26.2 Å². The number of amides is 2. The lowest BCUT2D eigenvalue weighted by Crippen LogP contribution is -2.48. The maximum absolute atomic E-state index is 11.7. The Hall–Kier alpha value is -0.770. The highest BCUT2D eigenvalue weighted by Crippen LogP contribution is 2.08. The molecular weight excluding hydrogens is 178 g/mol. The number of carbonyl (C=O) groups is 1. The molecule has 0 radical (unpaired) electrons. The summed E-state index contributed by atoms with van der Waals surface area (Å²) in [4.78, 5) is 13.6. The first-order valence-corrected chi connectivity index (χ1v) is 5.44. The second kappa shape index (κ2) is 5.86. The lowest BCUT2D eigenvalue weighted by molar-refractivity contribution is 0.183. The van der Waals surface area contributed by atoms with Gasteiger partial charge >= 0.3 is 6.03 Å². The summed E-state index contributed by atoms with van der Waals surface area (Å²) < 4.78 is 0. The normalized spacial score (nSPS) is 19.1. The van der Waals surface area contributed by atoms with E-state index in [0.717, 1.165) is 32.5 Å². The zero-order valence-electron chi connectivity index (χ0n) is 9.18. The van der Waals surface area contributed by atoms with Crippen molar-refractivity contribution in [1.29, 1.82) is 0 Å². The zero-order chi connectivity index (χ0) is 10.4. The molecule has 82 valence electrons. The van der Waals surface area contributed by atoms with Gasteiger partial charge in [-0.1, -0.05) is 0 Å². The minimum atomic E-state index is 0.0902. The van der Waals surface area contributed by atoms with E-state index in [0.29, 0.717) is 0 Å². The standard InChI is InChI=1S/C10H21N3O/c1-9(8-11-2)12-10(14)13-6-4-3-5-7-13/h9,11H,3-8H2,1-2H3,(H,12,14). The molecule has 1 fully saturated rings. The van der Waals surface area contributed by atoms with Crippen molar-refractivity contribution in [3.8, 4) is 0 Å². The predicted octanol–water partition coefficient (Wildman–Crippen LogP) is 0.790. The maximum atomic E-state index is 11.7. The molecule has 0 aromatic carbocycles. The molecule has 2 amide bonds. The summed E-state index contributed by atoms with van der Waals surface area (Å²) in [5.41, 5.74) is 0. The Labute approximate surface area is 86.0 Å². The molecule has 0 saturated carbocycles. The van der Waals surface area contributed by atoms with Gasteiger partial charge in [-0.3, -0.25) is 0 Å². The highest BCUT2D eigenvalue weighted by Gasteiger charge is 2.17. The van der Waals surface area contributed by atoms with Crippen LogP contribution in [-0.2, 0) is 0 Å². The lowest BCUT2D eigenvalue weighted by Gasteiger charge is -2.28. The van der Waals surface area contributed by atoms with Crippen LogP contribution in [0, 0.1) is 0 Å². The number of carbonyl (C=O) groups excluding carboxylic acids is 1. The second-order valence-corrected chi connectivity index (χ2v) is 3.96. The molecule has 0 aromatic heterocycles. The summed E-state index contributed by atoms with van der Waals surface area (Å²) in [5, 5.41) is 6.02. The van der Waals surface area contributed by atoms with Crippen LogP contribution in [0.25, 0.3) is 0 Å². The van der Waals surface area contributed by atoms with E-state index in [4.69, 9.17) is 0 Å². The van der Waals surface area contributed by atoms with Crippen molar-refractivity contribution >= 4 is 6.03 Å². The third-order valence-electron chi connectivity index (χ3n) is 2.52. The van der Waals surface area contributed by atoms with Gasteiger partial charge in [-0.2, -0.15) is 0 Å². The lowest BCUT2D eigenvalue weighted by atomic mass is 10.1. The molecule has 1 unspecified atom stereocenters. The van der Waals surface area contributed by atoms with Crippen LogP contribution < -0.4 is 10.6 Å². The van der Waals surface area contributed by atoms with Crippen LogP contribution in [-0.4, -0.2) is 43.7 Å². The topological polar surface area (TPSA) is 44.4 Å². The average Bonchev–Trinajstić information content (AvgIpc) is 2.19. The Morgan fingerprint density at radius 1 is 1.36 bits per heavy atom. The number of rotatable bonds is 3. The van der Waals surface area contributed by atoms with Gasteiger partial charge in [0.05, 0.1) is 0 Å². The highest BCUT2D eigenvalue weighted by molar-refractivity contribution is 5.74. The summed E-state index contributed by atoms with van der Waals surface area (Å²) in [6.45, 7) is 4.66. The quantitative estimate of drug-likeness (QED) is 0.706. The summed E-state index contributed by atoms with van der Waals surface area (Å²) >= 11 is 0. The van der Waals surface area contributed by atoms with Crippen LogP contribution >= 0.6 is 0 Å². The number of piperidine rings is 1. The second-order valence-electron chi connectivity index (χ2n) is 3.96. The number of likely N-dealkylation sites (N-methyl/N-ethyl adjacent to an activating group) is 1. The summed E-state index contributed by atoms with van der Waals surface area (Å²) in [6.07, 6.45) is 3.55. The van der Waals surface area contributed by atoms with Crippen LogP contribution in [0.15, 0.2) is 0 Å². The summed E-state index contributed by atoms with van der Waals surface area (Å²) in [6, 6.07) is 0.293. The van der Waals surface area contributed by atoms with Gasteiger partial charge in [0.1, 0.15) is 0 Å². The largest absolute Gasteiger partial charge is 0.334 e. The molecule has 0 aromatic rings. The predicted molar refractivity (Wildman–Crippen MR) is 57.3 cm³/mol. The van der Waals surface area contributed by atoms with E-state index < -0.39 is 0 Å². The molecule has 0 bridgehead atoms. The molecule has 4 nitrogen and oxygen atoms in total. The average molecular weight is 199 g/mol. The van der Waals surface area contributed by atoms with Gasteiger partial charge in [0.15, 0.2) is 0 Å². The molecule has 1 saturated heterocycles. The molecule has 4 heteroatoms. The Balaban J connectivity index is 2.25.